The molecule has 0 aliphatic carbocycles. The zero-order chi connectivity index (χ0) is 26.7. The monoisotopic (exact) mass is 519 g/mol. The average molecular weight is 520 g/mol. The Bertz CT molecular complexity index is 1530. The van der Waals surface area contributed by atoms with Crippen LogP contribution in [-0.2, 0) is 4.74 Å². The van der Waals surface area contributed by atoms with Gasteiger partial charge in [0.25, 0.3) is 11.8 Å². The summed E-state index contributed by atoms with van der Waals surface area (Å²) in [5.74, 6) is -0.698. The summed E-state index contributed by atoms with van der Waals surface area (Å²) in [6.45, 7) is 3.40. The van der Waals surface area contributed by atoms with Crippen LogP contribution in [0.15, 0.2) is 48.5 Å². The number of ether oxygens (including phenoxy) is 3. The van der Waals surface area contributed by atoms with Crippen LogP contribution in [0.5, 0.6) is 11.5 Å². The lowest BCUT2D eigenvalue weighted by molar-refractivity contribution is 0.0527. The normalized spacial score (nSPS) is 10.7. The number of aromatic nitrogens is 1. The summed E-state index contributed by atoms with van der Waals surface area (Å²) >= 11 is 0.931. The fraction of sp³-hybridized carbons (Fsp3) is 0.185. The summed E-state index contributed by atoms with van der Waals surface area (Å²) in [6.07, 6.45) is 0. The molecule has 0 aliphatic rings. The van der Waals surface area contributed by atoms with Crippen LogP contribution in [0.2, 0.25) is 0 Å². The number of carbonyl (C=O) groups excluding carboxylic acids is 3. The highest BCUT2D eigenvalue weighted by Gasteiger charge is 2.27. The molecule has 3 N–H and O–H groups in total. The number of nitrogens with two attached hydrogens (primary N) is 1. The van der Waals surface area contributed by atoms with Crippen molar-refractivity contribution in [2.24, 2.45) is 5.73 Å². The molecule has 2 amide bonds. The maximum absolute atomic E-state index is 13.6. The van der Waals surface area contributed by atoms with Crippen LogP contribution in [0, 0.1) is 6.92 Å². The van der Waals surface area contributed by atoms with E-state index in [1.165, 1.54) is 0 Å². The average Bonchev–Trinajstić information content (AvgIpc) is 3.23. The van der Waals surface area contributed by atoms with E-state index < -0.39 is 17.8 Å². The Morgan fingerprint density at radius 2 is 1.81 bits per heavy atom. The Kier molecular flexibility index (Phi) is 7.40. The van der Waals surface area contributed by atoms with E-state index in [4.69, 9.17) is 24.9 Å². The molecule has 0 fully saturated rings. The molecule has 37 heavy (non-hydrogen) atoms. The number of rotatable bonds is 8. The molecule has 0 unspecified atom stereocenters. The van der Waals surface area contributed by atoms with Crippen molar-refractivity contribution >= 4 is 45.0 Å². The SMILES string of the molecule is CCOC(=O)c1c(NC(=O)c2cc(-c3ccc(OC)cc3OC)nc3ccccc23)sc(C(N)=O)c1C. The van der Waals surface area contributed by atoms with Crippen molar-refractivity contribution in [2.75, 3.05) is 26.1 Å². The first-order valence-corrected chi connectivity index (χ1v) is 12.1. The first kappa shape index (κ1) is 25.6. The molecular formula is C27H25N3O6S. The minimum absolute atomic E-state index is 0.101. The summed E-state index contributed by atoms with van der Waals surface area (Å²) in [6, 6.07) is 14.2. The minimum Gasteiger partial charge on any atom is -0.497 e. The van der Waals surface area contributed by atoms with Crippen LogP contribution in [-0.4, -0.2) is 43.6 Å². The number of anilines is 1. The topological polar surface area (TPSA) is 130 Å². The van der Waals surface area contributed by atoms with E-state index in [2.05, 4.69) is 5.32 Å². The molecule has 0 aliphatic heterocycles. The van der Waals surface area contributed by atoms with Gasteiger partial charge in [-0.2, -0.15) is 0 Å². The van der Waals surface area contributed by atoms with Crippen molar-refractivity contribution in [2.45, 2.75) is 13.8 Å². The fourth-order valence-electron chi connectivity index (χ4n) is 3.97. The summed E-state index contributed by atoms with van der Waals surface area (Å²) in [5.41, 5.74) is 8.04. The molecule has 0 saturated carbocycles. The van der Waals surface area contributed by atoms with Crippen LogP contribution in [0.1, 0.15) is 42.9 Å². The van der Waals surface area contributed by atoms with Crippen LogP contribution in [0.3, 0.4) is 0 Å². The Morgan fingerprint density at radius 1 is 1.05 bits per heavy atom. The Balaban J connectivity index is 1.84. The van der Waals surface area contributed by atoms with Gasteiger partial charge in [0.15, 0.2) is 0 Å². The number of esters is 1. The van der Waals surface area contributed by atoms with E-state index in [-0.39, 0.29) is 22.0 Å². The van der Waals surface area contributed by atoms with E-state index in [1.807, 2.05) is 6.07 Å². The number of para-hydroxylation sites is 1. The second-order valence-corrected chi connectivity index (χ2v) is 8.96. The maximum atomic E-state index is 13.6. The highest BCUT2D eigenvalue weighted by atomic mass is 32.1. The van der Waals surface area contributed by atoms with Crippen LogP contribution in [0.25, 0.3) is 22.2 Å². The quantitative estimate of drug-likeness (QED) is 0.319. The second kappa shape index (κ2) is 10.7. The number of nitrogens with one attached hydrogen (secondary N) is 1. The van der Waals surface area contributed by atoms with E-state index >= 15 is 0 Å². The van der Waals surface area contributed by atoms with Crippen LogP contribution >= 0.6 is 11.3 Å². The van der Waals surface area contributed by atoms with Crippen molar-refractivity contribution in [1.82, 2.24) is 4.98 Å². The fourth-order valence-corrected chi connectivity index (χ4v) is 5.01. The van der Waals surface area contributed by atoms with E-state index in [0.29, 0.717) is 44.8 Å². The predicted octanol–water partition coefficient (Wildman–Crippen LogP) is 4.82. The van der Waals surface area contributed by atoms with Gasteiger partial charge in [-0.3, -0.25) is 9.59 Å². The molecule has 10 heteroatoms. The van der Waals surface area contributed by atoms with Gasteiger partial charge in [0.1, 0.15) is 16.5 Å². The molecule has 4 aromatic rings. The number of hydrogen-bond acceptors (Lipinski definition) is 8. The van der Waals surface area contributed by atoms with Gasteiger partial charge >= 0.3 is 5.97 Å². The maximum Gasteiger partial charge on any atom is 0.341 e. The molecule has 2 heterocycles. The molecule has 0 atom stereocenters. The lowest BCUT2D eigenvalue weighted by atomic mass is 10.0. The number of thiophene rings is 1. The first-order chi connectivity index (χ1) is 17.8. The lowest BCUT2D eigenvalue weighted by Gasteiger charge is -2.13. The molecule has 0 spiro atoms. The smallest absolute Gasteiger partial charge is 0.341 e. The number of fused-ring (bicyclic) bond motifs is 1. The van der Waals surface area contributed by atoms with Gasteiger partial charge in [-0.1, -0.05) is 18.2 Å². The van der Waals surface area contributed by atoms with Gasteiger partial charge in [-0.25, -0.2) is 9.78 Å². The van der Waals surface area contributed by atoms with Crippen LogP contribution < -0.4 is 20.5 Å². The predicted molar refractivity (Wildman–Crippen MR) is 142 cm³/mol. The third kappa shape index (κ3) is 4.96. The van der Waals surface area contributed by atoms with Crippen LogP contribution in [0.4, 0.5) is 5.00 Å². The van der Waals surface area contributed by atoms with Crippen molar-refractivity contribution in [3.05, 3.63) is 70.1 Å². The van der Waals surface area contributed by atoms with Crippen molar-refractivity contribution < 1.29 is 28.6 Å². The highest BCUT2D eigenvalue weighted by Crippen LogP contribution is 2.36. The zero-order valence-electron chi connectivity index (χ0n) is 20.7. The number of primary amides is 1. The van der Waals surface area contributed by atoms with Gasteiger partial charge in [-0.15, -0.1) is 11.3 Å². The number of methoxy groups -OCH3 is 2. The number of amides is 2. The van der Waals surface area contributed by atoms with Gasteiger partial charge in [0.2, 0.25) is 0 Å². The highest BCUT2D eigenvalue weighted by molar-refractivity contribution is 7.18. The number of pyridine rings is 1. The number of nitrogens with zero attached hydrogens (tertiary/aromatic N) is 1. The largest absolute Gasteiger partial charge is 0.497 e. The lowest BCUT2D eigenvalue weighted by Crippen LogP contribution is -2.16. The third-order valence-corrected chi connectivity index (χ3v) is 6.94. The zero-order valence-corrected chi connectivity index (χ0v) is 21.5. The Labute approximate surface area is 217 Å². The summed E-state index contributed by atoms with van der Waals surface area (Å²) in [7, 11) is 3.10. The summed E-state index contributed by atoms with van der Waals surface area (Å²) in [5, 5.41) is 3.58. The number of carbonyl (C=O) groups is 3. The number of benzene rings is 2. The van der Waals surface area contributed by atoms with E-state index in [9.17, 15) is 14.4 Å². The second-order valence-electron chi connectivity index (χ2n) is 7.94. The van der Waals surface area contributed by atoms with Gasteiger partial charge in [0.05, 0.1) is 48.0 Å². The molecule has 0 saturated heterocycles. The van der Waals surface area contributed by atoms with Crippen molar-refractivity contribution in [3.63, 3.8) is 0 Å². The molecule has 0 radical (unpaired) electrons. The molecule has 190 valence electrons. The molecule has 4 rings (SSSR count). The molecular weight excluding hydrogens is 494 g/mol. The molecule has 9 nitrogen and oxygen atoms in total. The summed E-state index contributed by atoms with van der Waals surface area (Å²) in [4.78, 5) is 43.1. The van der Waals surface area contributed by atoms with Crippen molar-refractivity contribution in [1.29, 1.82) is 0 Å². The summed E-state index contributed by atoms with van der Waals surface area (Å²) < 4.78 is 16.0. The van der Waals surface area contributed by atoms with Gasteiger partial charge < -0.3 is 25.3 Å². The Morgan fingerprint density at radius 3 is 2.49 bits per heavy atom. The van der Waals surface area contributed by atoms with Crippen molar-refractivity contribution in [3.8, 4) is 22.8 Å². The van der Waals surface area contributed by atoms with Gasteiger partial charge in [0, 0.05) is 17.0 Å². The standard InChI is InChI=1S/C27H25N3O6S/c1-5-36-27(33)22-14(2)23(24(28)31)37-26(22)30-25(32)18-13-20(29-19-9-7-6-8-16(18)19)17-11-10-15(34-3)12-21(17)35-4/h6-13H,5H2,1-4H3,(H2,28,31)(H,30,32). The Hall–Kier alpha value is -4.44. The molecule has 2 aromatic carbocycles. The van der Waals surface area contributed by atoms with Gasteiger partial charge in [-0.05, 0) is 43.7 Å². The number of hydrogen-bond donors (Lipinski definition) is 2. The van der Waals surface area contributed by atoms with E-state index in [0.717, 1.165) is 11.3 Å². The minimum atomic E-state index is -0.697. The van der Waals surface area contributed by atoms with E-state index in [1.54, 1.807) is 70.5 Å². The first-order valence-electron chi connectivity index (χ1n) is 11.3. The molecule has 0 bridgehead atoms. The molecule has 2 aromatic heterocycles. The third-order valence-electron chi connectivity index (χ3n) is 5.72.